The second kappa shape index (κ2) is 8.53. The van der Waals surface area contributed by atoms with E-state index in [0.717, 1.165) is 27.4 Å². The molecule has 0 radical (unpaired) electrons. The predicted octanol–water partition coefficient (Wildman–Crippen LogP) is 6.10. The molecule has 0 amide bonds. The summed E-state index contributed by atoms with van der Waals surface area (Å²) >= 11 is 2.76. The van der Waals surface area contributed by atoms with Gasteiger partial charge in [0.25, 0.3) is 10.0 Å². The molecule has 0 N–H and O–H groups in total. The van der Waals surface area contributed by atoms with Crippen LogP contribution in [-0.4, -0.2) is 35.0 Å². The Morgan fingerprint density at radius 2 is 1.74 bits per heavy atom. The van der Waals surface area contributed by atoms with E-state index in [1.54, 1.807) is 12.5 Å². The smallest absolute Gasteiger partial charge is 0.275 e. The Morgan fingerprint density at radius 1 is 1.06 bits per heavy atom. The normalized spacial score (nSPS) is 15.4. The van der Waals surface area contributed by atoms with Crippen molar-refractivity contribution >= 4 is 67.7 Å². The standard InChI is InChI=1S/C23H23N3O2S3/c1-16-20-15-30-21(14-24-17-10-12-18(13-11-17)25(2)3)22(20)26(19-8-6-5-7-9-19)31(27,28)23(16)29-4/h5-15H,1-4H3. The number of fused-ring (bicyclic) bond motifs is 1. The van der Waals surface area contributed by atoms with Crippen molar-refractivity contribution in [1.29, 1.82) is 0 Å². The van der Waals surface area contributed by atoms with Crippen molar-refractivity contribution in [3.63, 3.8) is 0 Å². The number of nitrogens with zero attached hydrogens (tertiary/aromatic N) is 3. The van der Waals surface area contributed by atoms with Gasteiger partial charge >= 0.3 is 0 Å². The van der Waals surface area contributed by atoms with Crippen molar-refractivity contribution in [1.82, 2.24) is 0 Å². The fraction of sp³-hybridized carbons (Fsp3) is 0.174. The van der Waals surface area contributed by atoms with Crippen LogP contribution in [0.15, 0.2) is 69.2 Å². The Labute approximate surface area is 191 Å². The summed E-state index contributed by atoms with van der Waals surface area (Å²) in [6.45, 7) is 1.87. The van der Waals surface area contributed by atoms with Gasteiger partial charge in [0.2, 0.25) is 0 Å². The molecule has 0 saturated heterocycles. The molecule has 160 valence electrons. The van der Waals surface area contributed by atoms with Crippen LogP contribution in [-0.2, 0) is 10.0 Å². The van der Waals surface area contributed by atoms with Gasteiger partial charge in [0, 0.05) is 36.9 Å². The van der Waals surface area contributed by atoms with Crippen molar-refractivity contribution in [2.45, 2.75) is 6.92 Å². The van der Waals surface area contributed by atoms with Gasteiger partial charge in [-0.1, -0.05) is 18.2 Å². The highest BCUT2D eigenvalue weighted by Crippen LogP contribution is 2.49. The summed E-state index contributed by atoms with van der Waals surface area (Å²) in [4.78, 5) is 7.46. The van der Waals surface area contributed by atoms with Crippen LogP contribution in [0.2, 0.25) is 0 Å². The van der Waals surface area contributed by atoms with E-state index in [-0.39, 0.29) is 0 Å². The highest BCUT2D eigenvalue weighted by atomic mass is 32.3. The average molecular weight is 470 g/mol. The number of sulfonamides is 1. The first-order valence-electron chi connectivity index (χ1n) is 9.63. The van der Waals surface area contributed by atoms with Gasteiger partial charge in [-0.2, -0.15) is 0 Å². The Morgan fingerprint density at radius 3 is 2.35 bits per heavy atom. The van der Waals surface area contributed by atoms with Crippen molar-refractivity contribution in [3.8, 4) is 0 Å². The first-order valence-corrected chi connectivity index (χ1v) is 13.2. The maximum atomic E-state index is 13.5. The Balaban J connectivity index is 1.83. The molecule has 0 bridgehead atoms. The van der Waals surface area contributed by atoms with Crippen LogP contribution in [0.25, 0.3) is 5.57 Å². The molecule has 3 aromatic rings. The molecule has 4 rings (SSSR count). The van der Waals surface area contributed by atoms with Gasteiger partial charge in [-0.25, -0.2) is 12.7 Å². The third-order valence-electron chi connectivity index (χ3n) is 5.05. The van der Waals surface area contributed by atoms with E-state index in [0.29, 0.717) is 15.6 Å². The van der Waals surface area contributed by atoms with Gasteiger partial charge in [0.05, 0.1) is 21.9 Å². The van der Waals surface area contributed by atoms with Gasteiger partial charge in [0.1, 0.15) is 4.24 Å². The molecular formula is C23H23N3O2S3. The topological polar surface area (TPSA) is 53.0 Å². The minimum Gasteiger partial charge on any atom is -0.378 e. The third kappa shape index (κ3) is 3.91. The maximum Gasteiger partial charge on any atom is 0.275 e. The van der Waals surface area contributed by atoms with E-state index in [4.69, 9.17) is 0 Å². The number of benzene rings is 2. The average Bonchev–Trinajstić information content (AvgIpc) is 3.16. The van der Waals surface area contributed by atoms with Gasteiger partial charge in [0.15, 0.2) is 0 Å². The zero-order chi connectivity index (χ0) is 22.2. The molecule has 31 heavy (non-hydrogen) atoms. The molecule has 0 unspecified atom stereocenters. The highest BCUT2D eigenvalue weighted by molar-refractivity contribution is 8.19. The zero-order valence-corrected chi connectivity index (χ0v) is 20.2. The van der Waals surface area contributed by atoms with Crippen LogP contribution < -0.4 is 9.21 Å². The monoisotopic (exact) mass is 469 g/mol. The van der Waals surface area contributed by atoms with Crippen molar-refractivity contribution in [2.75, 3.05) is 29.6 Å². The lowest BCUT2D eigenvalue weighted by molar-refractivity contribution is 0.604. The molecular weight excluding hydrogens is 446 g/mol. The minimum absolute atomic E-state index is 0.379. The number of para-hydroxylation sites is 1. The molecule has 2 heterocycles. The molecule has 5 nitrogen and oxygen atoms in total. The maximum absolute atomic E-state index is 13.5. The third-order valence-corrected chi connectivity index (χ3v) is 9.42. The van der Waals surface area contributed by atoms with Crippen LogP contribution in [0.4, 0.5) is 22.7 Å². The van der Waals surface area contributed by atoms with Crippen LogP contribution in [0.3, 0.4) is 0 Å². The predicted molar refractivity (Wildman–Crippen MR) is 136 cm³/mol. The minimum atomic E-state index is -3.71. The first-order chi connectivity index (χ1) is 14.8. The summed E-state index contributed by atoms with van der Waals surface area (Å²) in [6.07, 6.45) is 3.56. The number of hydrogen-bond acceptors (Lipinski definition) is 6. The summed E-state index contributed by atoms with van der Waals surface area (Å²) < 4.78 is 28.9. The van der Waals surface area contributed by atoms with Gasteiger partial charge < -0.3 is 4.90 Å². The molecule has 0 saturated carbocycles. The quantitative estimate of drug-likeness (QED) is 0.424. The summed E-state index contributed by atoms with van der Waals surface area (Å²) in [6, 6.07) is 17.1. The van der Waals surface area contributed by atoms with Gasteiger partial charge in [-0.3, -0.25) is 4.99 Å². The zero-order valence-electron chi connectivity index (χ0n) is 17.7. The number of anilines is 3. The van der Waals surface area contributed by atoms with Gasteiger partial charge in [-0.05, 0) is 55.2 Å². The fourth-order valence-electron chi connectivity index (χ4n) is 3.50. The van der Waals surface area contributed by atoms with E-state index in [1.165, 1.54) is 27.4 Å². The van der Waals surface area contributed by atoms with Crippen LogP contribution >= 0.6 is 23.1 Å². The largest absolute Gasteiger partial charge is 0.378 e. The van der Waals surface area contributed by atoms with Crippen LogP contribution in [0, 0.1) is 0 Å². The van der Waals surface area contributed by atoms with E-state index in [1.807, 2.05) is 85.9 Å². The molecule has 1 aliphatic heterocycles. The fourth-order valence-corrected chi connectivity index (χ4v) is 7.50. The van der Waals surface area contributed by atoms with Crippen molar-refractivity contribution < 1.29 is 8.42 Å². The molecule has 0 fully saturated rings. The summed E-state index contributed by atoms with van der Waals surface area (Å²) in [5.41, 5.74) is 4.90. The number of allylic oxidation sites excluding steroid dienone is 1. The Bertz CT molecular complexity index is 1260. The highest BCUT2D eigenvalue weighted by Gasteiger charge is 2.38. The number of aliphatic imine (C=N–C) groups is 1. The van der Waals surface area contributed by atoms with E-state index in [2.05, 4.69) is 4.99 Å². The summed E-state index contributed by atoms with van der Waals surface area (Å²) in [5, 5.41) is 2.02. The summed E-state index contributed by atoms with van der Waals surface area (Å²) in [5.74, 6) is 0. The van der Waals surface area contributed by atoms with E-state index >= 15 is 0 Å². The number of rotatable bonds is 5. The van der Waals surface area contributed by atoms with Gasteiger partial charge in [-0.15, -0.1) is 23.1 Å². The SMILES string of the molecule is CSC1=C(C)c2csc(C=Nc3ccc(N(C)C)cc3)c2N(c2ccccc2)S1(=O)=O. The molecule has 1 aromatic heterocycles. The molecule has 0 atom stereocenters. The Kier molecular flexibility index (Phi) is 5.96. The number of thiophene rings is 1. The molecule has 2 aromatic carbocycles. The lowest BCUT2D eigenvalue weighted by Crippen LogP contribution is -2.30. The lowest BCUT2D eigenvalue weighted by Gasteiger charge is -2.31. The van der Waals surface area contributed by atoms with Crippen LogP contribution in [0.5, 0.6) is 0 Å². The number of hydrogen-bond donors (Lipinski definition) is 0. The van der Waals surface area contributed by atoms with Crippen molar-refractivity contribution in [2.24, 2.45) is 4.99 Å². The Hall–Kier alpha value is -2.55. The number of thioether (sulfide) groups is 1. The van der Waals surface area contributed by atoms with Crippen molar-refractivity contribution in [3.05, 3.63) is 74.7 Å². The van der Waals surface area contributed by atoms with E-state index in [9.17, 15) is 8.42 Å². The molecule has 0 aliphatic carbocycles. The molecule has 0 spiro atoms. The first kappa shape index (κ1) is 21.7. The van der Waals surface area contributed by atoms with E-state index < -0.39 is 10.0 Å². The second-order valence-corrected chi connectivity index (χ2v) is 11.0. The summed E-state index contributed by atoms with van der Waals surface area (Å²) in [7, 11) is 0.282. The second-order valence-electron chi connectivity index (χ2n) is 7.25. The molecule has 1 aliphatic rings. The lowest BCUT2D eigenvalue weighted by atomic mass is 10.1. The van der Waals surface area contributed by atoms with Crippen LogP contribution in [0.1, 0.15) is 17.4 Å². The molecule has 8 heteroatoms.